The highest BCUT2D eigenvalue weighted by molar-refractivity contribution is 5.23. The number of nitrogens with one attached hydrogen (secondary N) is 1. The molecule has 35 heavy (non-hydrogen) atoms. The van der Waals surface area contributed by atoms with Gasteiger partial charge in [-0.15, -0.1) is 5.10 Å². The number of hydrogen-bond donors (Lipinski definition) is 2. The van der Waals surface area contributed by atoms with Crippen LogP contribution in [-0.4, -0.2) is 44.7 Å². The van der Waals surface area contributed by atoms with E-state index in [9.17, 15) is 5.11 Å². The second kappa shape index (κ2) is 13.0. The van der Waals surface area contributed by atoms with Crippen LogP contribution in [0.4, 0.5) is 0 Å². The fourth-order valence-corrected chi connectivity index (χ4v) is 5.32. The van der Waals surface area contributed by atoms with Gasteiger partial charge in [-0.1, -0.05) is 42.0 Å². The molecule has 1 saturated carbocycles. The fourth-order valence-electron chi connectivity index (χ4n) is 5.32. The first kappa shape index (κ1) is 25.6. The third kappa shape index (κ3) is 7.24. The molecule has 1 aliphatic carbocycles. The third-order valence-corrected chi connectivity index (χ3v) is 7.29. The maximum atomic E-state index is 11.2. The lowest BCUT2D eigenvalue weighted by atomic mass is 9.77. The van der Waals surface area contributed by atoms with Gasteiger partial charge in [-0.2, -0.15) is 0 Å². The summed E-state index contributed by atoms with van der Waals surface area (Å²) in [5.41, 5.74) is 2.24. The van der Waals surface area contributed by atoms with Crippen LogP contribution in [0, 0.1) is 12.3 Å². The van der Waals surface area contributed by atoms with Gasteiger partial charge in [-0.25, -0.2) is 5.10 Å². The number of hydrogen-bond acceptors (Lipinski definition) is 6. The van der Waals surface area contributed by atoms with E-state index in [0.717, 1.165) is 95.2 Å². The SMILES string of the molecule is Cc1cccc(CCC=C(O[C@H]2CCCCO2)[C@]2(C/C=C\CCCc3nnn[nH]3)CCC[C@H]2O)c1. The van der Waals surface area contributed by atoms with E-state index < -0.39 is 6.10 Å². The van der Waals surface area contributed by atoms with Crippen molar-refractivity contribution in [2.45, 2.75) is 96.4 Å². The van der Waals surface area contributed by atoms with Gasteiger partial charge in [0.05, 0.1) is 18.1 Å². The number of rotatable bonds is 12. The molecule has 2 fully saturated rings. The Morgan fingerprint density at radius 1 is 1.20 bits per heavy atom. The van der Waals surface area contributed by atoms with E-state index in [0.29, 0.717) is 0 Å². The third-order valence-electron chi connectivity index (χ3n) is 7.29. The second-order valence-electron chi connectivity index (χ2n) is 9.99. The topological polar surface area (TPSA) is 93.2 Å². The largest absolute Gasteiger partial charge is 0.469 e. The lowest BCUT2D eigenvalue weighted by molar-refractivity contribution is -0.155. The standard InChI is InChI=1S/C28H40N4O3/c1-22-11-8-12-23(21-22)13-9-15-25(35-27-17-5-7-20-34-27)28(19-10-14-24(28)33)18-6-3-2-4-16-26-29-31-32-30-26/h3,6,8,11-12,15,21,24,27,33H,2,4-5,7,9-10,13-14,16-20H2,1H3,(H,29,30,31,32)/b6-3-,25-15?/t24-,27+,28-/m1/s1. The molecule has 7 heteroatoms. The van der Waals surface area contributed by atoms with Gasteiger partial charge in [-0.3, -0.25) is 0 Å². The summed E-state index contributed by atoms with van der Waals surface area (Å²) < 4.78 is 12.5. The number of tetrazole rings is 1. The first-order valence-electron chi connectivity index (χ1n) is 13.3. The molecular weight excluding hydrogens is 440 g/mol. The molecular formula is C28H40N4O3. The molecule has 1 saturated heterocycles. The number of aliphatic hydroxyl groups is 1. The van der Waals surface area contributed by atoms with Gasteiger partial charge in [0.15, 0.2) is 6.29 Å². The Labute approximate surface area is 209 Å². The minimum atomic E-state index is -0.402. The number of aromatic amines is 1. The van der Waals surface area contributed by atoms with Gasteiger partial charge >= 0.3 is 0 Å². The Morgan fingerprint density at radius 3 is 2.89 bits per heavy atom. The Morgan fingerprint density at radius 2 is 2.14 bits per heavy atom. The van der Waals surface area contributed by atoms with Crippen molar-refractivity contribution in [2.75, 3.05) is 6.61 Å². The monoisotopic (exact) mass is 480 g/mol. The van der Waals surface area contributed by atoms with Crippen molar-refractivity contribution in [3.63, 3.8) is 0 Å². The Kier molecular flexibility index (Phi) is 9.49. The van der Waals surface area contributed by atoms with Crippen LogP contribution in [-0.2, 0) is 22.3 Å². The zero-order valence-corrected chi connectivity index (χ0v) is 21.0. The lowest BCUT2D eigenvalue weighted by Gasteiger charge is -2.37. The highest BCUT2D eigenvalue weighted by Crippen LogP contribution is 2.49. The molecule has 190 valence electrons. The number of aryl methyl sites for hydroxylation is 3. The lowest BCUT2D eigenvalue weighted by Crippen LogP contribution is -2.35. The van der Waals surface area contributed by atoms with E-state index in [1.807, 2.05) is 0 Å². The maximum absolute atomic E-state index is 11.2. The molecule has 2 N–H and O–H groups in total. The molecule has 0 radical (unpaired) electrons. The number of benzene rings is 1. The van der Waals surface area contributed by atoms with Crippen molar-refractivity contribution in [3.05, 3.63) is 65.2 Å². The number of unbranched alkanes of at least 4 members (excludes halogenated alkanes) is 1. The smallest absolute Gasteiger partial charge is 0.199 e. The molecule has 1 aliphatic heterocycles. The average Bonchev–Trinajstić information content (AvgIpc) is 3.52. The summed E-state index contributed by atoms with van der Waals surface area (Å²) in [5.74, 6) is 1.75. The van der Waals surface area contributed by atoms with Crippen LogP contribution >= 0.6 is 0 Å². The molecule has 2 aromatic rings. The predicted octanol–water partition coefficient (Wildman–Crippen LogP) is 5.37. The Bertz CT molecular complexity index is 953. The van der Waals surface area contributed by atoms with Gasteiger partial charge in [0.1, 0.15) is 11.6 Å². The molecule has 2 aliphatic rings. The summed E-state index contributed by atoms with van der Waals surface area (Å²) in [6, 6.07) is 8.68. The van der Waals surface area contributed by atoms with E-state index in [1.165, 1.54) is 11.1 Å². The van der Waals surface area contributed by atoms with E-state index >= 15 is 0 Å². The van der Waals surface area contributed by atoms with Gasteiger partial charge in [0.2, 0.25) is 0 Å². The Balaban J connectivity index is 1.44. The van der Waals surface area contributed by atoms with Crippen molar-refractivity contribution in [1.29, 1.82) is 0 Å². The maximum Gasteiger partial charge on any atom is 0.199 e. The van der Waals surface area contributed by atoms with Gasteiger partial charge in [-0.05, 0) is 93.2 Å². The van der Waals surface area contributed by atoms with Crippen molar-refractivity contribution in [1.82, 2.24) is 20.6 Å². The van der Waals surface area contributed by atoms with Gasteiger partial charge in [0, 0.05) is 12.8 Å². The minimum absolute atomic E-state index is 0.210. The van der Waals surface area contributed by atoms with Crippen molar-refractivity contribution in [2.24, 2.45) is 5.41 Å². The first-order valence-corrected chi connectivity index (χ1v) is 13.3. The van der Waals surface area contributed by atoms with E-state index in [2.05, 4.69) is 70.0 Å². The number of ether oxygens (including phenoxy) is 2. The van der Waals surface area contributed by atoms with Gasteiger partial charge < -0.3 is 14.6 Å². The number of allylic oxidation sites excluding steroid dienone is 3. The summed E-state index contributed by atoms with van der Waals surface area (Å²) >= 11 is 0. The number of aliphatic hydroxyl groups excluding tert-OH is 1. The summed E-state index contributed by atoms with van der Waals surface area (Å²) in [5, 5.41) is 25.2. The second-order valence-corrected chi connectivity index (χ2v) is 9.99. The van der Waals surface area contributed by atoms with Crippen LogP contribution in [0.1, 0.15) is 81.2 Å². The molecule has 4 rings (SSSR count). The fraction of sp³-hybridized carbons (Fsp3) is 0.607. The summed E-state index contributed by atoms with van der Waals surface area (Å²) in [6.45, 7) is 2.88. The number of aromatic nitrogens is 4. The van der Waals surface area contributed by atoms with Crippen LogP contribution < -0.4 is 0 Å². The average molecular weight is 481 g/mol. The number of H-pyrrole nitrogens is 1. The summed E-state index contributed by atoms with van der Waals surface area (Å²) in [7, 11) is 0. The molecule has 2 heterocycles. The van der Waals surface area contributed by atoms with Crippen LogP contribution in [0.3, 0.4) is 0 Å². The van der Waals surface area contributed by atoms with Crippen LogP contribution in [0.5, 0.6) is 0 Å². The van der Waals surface area contributed by atoms with E-state index in [-0.39, 0.29) is 11.7 Å². The minimum Gasteiger partial charge on any atom is -0.469 e. The normalized spacial score (nSPS) is 25.4. The number of nitrogens with zero attached hydrogens (tertiary/aromatic N) is 3. The highest BCUT2D eigenvalue weighted by Gasteiger charge is 2.46. The molecule has 7 nitrogen and oxygen atoms in total. The van der Waals surface area contributed by atoms with E-state index in [4.69, 9.17) is 9.47 Å². The molecule has 0 bridgehead atoms. The molecule has 0 unspecified atom stereocenters. The van der Waals surface area contributed by atoms with Gasteiger partial charge in [0.25, 0.3) is 0 Å². The molecule has 0 spiro atoms. The zero-order valence-electron chi connectivity index (χ0n) is 21.0. The molecule has 1 aromatic carbocycles. The highest BCUT2D eigenvalue weighted by atomic mass is 16.7. The van der Waals surface area contributed by atoms with Crippen molar-refractivity contribution >= 4 is 0 Å². The van der Waals surface area contributed by atoms with Crippen LogP contribution in [0.25, 0.3) is 0 Å². The zero-order chi connectivity index (χ0) is 24.3. The van der Waals surface area contributed by atoms with Crippen molar-refractivity contribution in [3.8, 4) is 0 Å². The van der Waals surface area contributed by atoms with E-state index in [1.54, 1.807) is 0 Å². The molecule has 3 atom stereocenters. The first-order chi connectivity index (χ1) is 17.2. The van der Waals surface area contributed by atoms with Crippen LogP contribution in [0.15, 0.2) is 48.3 Å². The predicted molar refractivity (Wildman–Crippen MR) is 135 cm³/mol. The Hall–Kier alpha value is -2.51. The summed E-state index contributed by atoms with van der Waals surface area (Å²) in [6.07, 6.45) is 17.3. The molecule has 0 amide bonds. The molecule has 1 aromatic heterocycles. The van der Waals surface area contributed by atoms with Crippen molar-refractivity contribution < 1.29 is 14.6 Å². The quantitative estimate of drug-likeness (QED) is 0.241. The summed E-state index contributed by atoms with van der Waals surface area (Å²) in [4.78, 5) is 0. The van der Waals surface area contributed by atoms with Crippen LogP contribution in [0.2, 0.25) is 0 Å².